The number of carbonyl (C=O) groups excluding carboxylic acids is 3. The van der Waals surface area contributed by atoms with Gasteiger partial charge in [0.2, 0.25) is 5.83 Å². The summed E-state index contributed by atoms with van der Waals surface area (Å²) in [4.78, 5) is 35.1. The SMILES string of the molecule is C=C(C)C(=O)Oc1ccc(OC(=O)c2ccc(-c3ccc(OC(=O)C(=C)F)cc3F)cc2)cc1. The topological polar surface area (TPSA) is 78.9 Å². The Morgan fingerprint density at radius 3 is 1.79 bits per heavy atom. The van der Waals surface area contributed by atoms with Crippen molar-refractivity contribution in [3.8, 4) is 28.4 Å². The van der Waals surface area contributed by atoms with Gasteiger partial charge in [0.15, 0.2) is 0 Å². The Balaban J connectivity index is 1.66. The first-order valence-corrected chi connectivity index (χ1v) is 9.80. The third-order valence-corrected chi connectivity index (χ3v) is 4.40. The van der Waals surface area contributed by atoms with E-state index in [1.165, 1.54) is 67.6 Å². The van der Waals surface area contributed by atoms with Crippen molar-refractivity contribution >= 4 is 17.9 Å². The second-order valence-electron chi connectivity index (χ2n) is 7.04. The van der Waals surface area contributed by atoms with Crippen molar-refractivity contribution in [2.45, 2.75) is 6.92 Å². The van der Waals surface area contributed by atoms with Crippen molar-refractivity contribution in [2.75, 3.05) is 0 Å². The average molecular weight is 464 g/mol. The minimum atomic E-state index is -1.31. The molecule has 0 fully saturated rings. The highest BCUT2D eigenvalue weighted by Crippen LogP contribution is 2.27. The third-order valence-electron chi connectivity index (χ3n) is 4.40. The highest BCUT2D eigenvalue weighted by molar-refractivity contribution is 5.92. The molecule has 0 spiro atoms. The van der Waals surface area contributed by atoms with Crippen LogP contribution in [0.2, 0.25) is 0 Å². The molecule has 3 aromatic carbocycles. The summed E-state index contributed by atoms with van der Waals surface area (Å²) in [6.45, 7) is 7.83. The summed E-state index contributed by atoms with van der Waals surface area (Å²) in [6, 6.07) is 15.4. The zero-order chi connectivity index (χ0) is 24.8. The van der Waals surface area contributed by atoms with E-state index < -0.39 is 29.6 Å². The van der Waals surface area contributed by atoms with Crippen molar-refractivity contribution < 1.29 is 37.4 Å². The Morgan fingerprint density at radius 1 is 0.735 bits per heavy atom. The standard InChI is InChI=1S/C26H18F2O6/c1-15(2)24(29)32-19-8-10-20(11-9-19)33-26(31)18-6-4-17(5-7-18)22-13-12-21(14-23(22)28)34-25(30)16(3)27/h4-14H,1,3H2,2H3. The first-order chi connectivity index (χ1) is 16.1. The van der Waals surface area contributed by atoms with E-state index in [0.29, 0.717) is 5.56 Å². The van der Waals surface area contributed by atoms with Gasteiger partial charge in [-0.15, -0.1) is 0 Å². The van der Waals surface area contributed by atoms with Gasteiger partial charge < -0.3 is 14.2 Å². The van der Waals surface area contributed by atoms with Gasteiger partial charge >= 0.3 is 17.9 Å². The molecule has 0 atom stereocenters. The zero-order valence-electron chi connectivity index (χ0n) is 18.0. The summed E-state index contributed by atoms with van der Waals surface area (Å²) < 4.78 is 42.2. The molecule has 0 radical (unpaired) electrons. The van der Waals surface area contributed by atoms with Gasteiger partial charge in [0.25, 0.3) is 0 Å². The van der Waals surface area contributed by atoms with Crippen molar-refractivity contribution in [3.63, 3.8) is 0 Å². The number of carbonyl (C=O) groups is 3. The first kappa shape index (κ1) is 24.1. The zero-order valence-corrected chi connectivity index (χ0v) is 18.0. The molecular weight excluding hydrogens is 446 g/mol. The lowest BCUT2D eigenvalue weighted by Crippen LogP contribution is -2.09. The van der Waals surface area contributed by atoms with Crippen LogP contribution in [0.25, 0.3) is 11.1 Å². The molecule has 0 heterocycles. The molecule has 3 rings (SSSR count). The number of benzene rings is 3. The molecule has 0 aliphatic carbocycles. The third kappa shape index (κ3) is 6.01. The molecule has 0 aliphatic rings. The lowest BCUT2D eigenvalue weighted by Gasteiger charge is -2.09. The average Bonchev–Trinajstić information content (AvgIpc) is 2.80. The van der Waals surface area contributed by atoms with Gasteiger partial charge in [-0.3, -0.25) is 0 Å². The van der Waals surface area contributed by atoms with Gasteiger partial charge in [-0.1, -0.05) is 25.3 Å². The molecule has 0 aliphatic heterocycles. The van der Waals surface area contributed by atoms with Gasteiger partial charge in [-0.2, -0.15) is 4.39 Å². The van der Waals surface area contributed by atoms with E-state index in [1.54, 1.807) is 0 Å². The fourth-order valence-electron chi connectivity index (χ4n) is 2.68. The Kier molecular flexibility index (Phi) is 7.33. The lowest BCUT2D eigenvalue weighted by atomic mass is 10.0. The summed E-state index contributed by atoms with van der Waals surface area (Å²) >= 11 is 0. The predicted molar refractivity (Wildman–Crippen MR) is 120 cm³/mol. The van der Waals surface area contributed by atoms with Crippen LogP contribution >= 0.6 is 0 Å². The van der Waals surface area contributed by atoms with E-state index in [1.807, 2.05) is 0 Å². The maximum Gasteiger partial charge on any atom is 0.371 e. The molecule has 0 amide bonds. The molecule has 0 aromatic heterocycles. The highest BCUT2D eigenvalue weighted by atomic mass is 19.1. The van der Waals surface area contributed by atoms with Crippen LogP contribution in [0.1, 0.15) is 17.3 Å². The van der Waals surface area contributed by atoms with E-state index >= 15 is 0 Å². The molecule has 8 heteroatoms. The summed E-state index contributed by atoms with van der Waals surface area (Å²) in [5.74, 6) is -4.20. The van der Waals surface area contributed by atoms with Gasteiger partial charge in [-0.05, 0) is 61.0 Å². The number of hydrogen-bond donors (Lipinski definition) is 0. The quantitative estimate of drug-likeness (QED) is 0.258. The molecule has 0 saturated heterocycles. The smallest absolute Gasteiger partial charge is 0.371 e. The normalized spacial score (nSPS) is 10.2. The molecule has 6 nitrogen and oxygen atoms in total. The molecule has 0 saturated carbocycles. The van der Waals surface area contributed by atoms with E-state index in [0.717, 1.165) is 6.07 Å². The summed E-state index contributed by atoms with van der Waals surface area (Å²) in [5.41, 5.74) is 1.10. The fourth-order valence-corrected chi connectivity index (χ4v) is 2.68. The Morgan fingerprint density at radius 2 is 1.26 bits per heavy atom. The number of rotatable bonds is 7. The molecule has 0 bridgehead atoms. The lowest BCUT2D eigenvalue weighted by molar-refractivity contribution is -0.132. The molecule has 0 unspecified atom stereocenters. The maximum atomic E-state index is 14.5. The van der Waals surface area contributed by atoms with Crippen LogP contribution in [0.5, 0.6) is 17.2 Å². The monoisotopic (exact) mass is 464 g/mol. The minimum Gasteiger partial charge on any atom is -0.423 e. The van der Waals surface area contributed by atoms with E-state index in [-0.39, 0.29) is 33.9 Å². The van der Waals surface area contributed by atoms with Gasteiger partial charge in [0.1, 0.15) is 23.1 Å². The predicted octanol–water partition coefficient (Wildman–Crippen LogP) is 5.58. The number of esters is 3. The Hall–Kier alpha value is -4.59. The second-order valence-corrected chi connectivity index (χ2v) is 7.04. The largest absolute Gasteiger partial charge is 0.423 e. The highest BCUT2D eigenvalue weighted by Gasteiger charge is 2.14. The summed E-state index contributed by atoms with van der Waals surface area (Å²) in [7, 11) is 0. The van der Waals surface area contributed by atoms with Crippen LogP contribution in [-0.2, 0) is 9.59 Å². The van der Waals surface area contributed by atoms with Crippen molar-refractivity contribution in [1.29, 1.82) is 0 Å². The molecule has 172 valence electrons. The number of hydrogen-bond acceptors (Lipinski definition) is 6. The molecule has 0 N–H and O–H groups in total. The van der Waals surface area contributed by atoms with Gasteiger partial charge in [0.05, 0.1) is 5.56 Å². The van der Waals surface area contributed by atoms with Crippen molar-refractivity contribution in [3.05, 3.63) is 103 Å². The van der Waals surface area contributed by atoms with Crippen LogP contribution in [0.4, 0.5) is 8.78 Å². The minimum absolute atomic E-state index is 0.175. The van der Waals surface area contributed by atoms with Crippen LogP contribution in [-0.4, -0.2) is 17.9 Å². The fraction of sp³-hybridized carbons (Fsp3) is 0.0385. The van der Waals surface area contributed by atoms with Crippen LogP contribution in [0.3, 0.4) is 0 Å². The van der Waals surface area contributed by atoms with Crippen LogP contribution in [0, 0.1) is 5.82 Å². The molecule has 34 heavy (non-hydrogen) atoms. The maximum absolute atomic E-state index is 14.5. The van der Waals surface area contributed by atoms with Crippen molar-refractivity contribution in [2.24, 2.45) is 0 Å². The first-order valence-electron chi connectivity index (χ1n) is 9.80. The summed E-state index contributed by atoms with van der Waals surface area (Å²) in [6.07, 6.45) is 0. The van der Waals surface area contributed by atoms with Gasteiger partial charge in [-0.25, -0.2) is 18.8 Å². The second kappa shape index (κ2) is 10.4. The van der Waals surface area contributed by atoms with E-state index in [9.17, 15) is 23.2 Å². The van der Waals surface area contributed by atoms with Crippen LogP contribution in [0.15, 0.2) is 91.3 Å². The Labute approximate surface area is 193 Å². The van der Waals surface area contributed by atoms with Crippen molar-refractivity contribution in [1.82, 2.24) is 0 Å². The van der Waals surface area contributed by atoms with Gasteiger partial charge in [0, 0.05) is 17.2 Å². The van der Waals surface area contributed by atoms with E-state index in [4.69, 9.17) is 9.47 Å². The molecule has 3 aromatic rings. The molecular formula is C26H18F2O6. The number of halogens is 2. The Bertz CT molecular complexity index is 1280. The van der Waals surface area contributed by atoms with E-state index in [2.05, 4.69) is 17.9 Å². The van der Waals surface area contributed by atoms with Crippen LogP contribution < -0.4 is 14.2 Å². The summed E-state index contributed by atoms with van der Waals surface area (Å²) in [5, 5.41) is 0. The number of ether oxygens (including phenoxy) is 3.